The molecular weight excluding hydrogens is 322 g/mol. The lowest BCUT2D eigenvalue weighted by Gasteiger charge is -2.30. The average molecular weight is 341 g/mol. The number of para-hydroxylation sites is 1. The molecule has 5 rings (SSSR count). The van der Waals surface area contributed by atoms with Gasteiger partial charge in [0.15, 0.2) is 0 Å². The van der Waals surface area contributed by atoms with Gasteiger partial charge in [0.1, 0.15) is 11.9 Å². The maximum absolute atomic E-state index is 5.56. The third-order valence-electron chi connectivity index (χ3n) is 5.03. The first-order valence-electron chi connectivity index (χ1n) is 8.74. The van der Waals surface area contributed by atoms with Crippen LogP contribution in [0.25, 0.3) is 22.0 Å². The highest BCUT2D eigenvalue weighted by atomic mass is 16.5. The third kappa shape index (κ3) is 2.12. The van der Waals surface area contributed by atoms with Crippen molar-refractivity contribution >= 4 is 16.5 Å². The summed E-state index contributed by atoms with van der Waals surface area (Å²) in [6, 6.07) is 23.1. The highest BCUT2D eigenvalue weighted by molar-refractivity contribution is 5.92. The Hall–Kier alpha value is -3.27. The van der Waals surface area contributed by atoms with E-state index in [1.54, 1.807) is 7.11 Å². The van der Waals surface area contributed by atoms with E-state index >= 15 is 0 Å². The summed E-state index contributed by atoms with van der Waals surface area (Å²) in [6.07, 6.45) is -0.0654. The molecule has 3 aromatic carbocycles. The van der Waals surface area contributed by atoms with E-state index in [2.05, 4.69) is 64.6 Å². The molecule has 0 saturated heterocycles. The molecular formula is C22H19N3O. The lowest BCUT2D eigenvalue weighted by molar-refractivity contribution is 0.419. The Kier molecular flexibility index (Phi) is 3.25. The van der Waals surface area contributed by atoms with E-state index < -0.39 is 0 Å². The molecule has 1 aliphatic rings. The first kappa shape index (κ1) is 15.0. The number of hydrogen-bond donors (Lipinski definition) is 1. The molecule has 4 heteroatoms. The summed E-state index contributed by atoms with van der Waals surface area (Å²) in [6.45, 7) is 2.04. The molecule has 0 radical (unpaired) electrons. The number of methoxy groups -OCH3 is 1. The lowest BCUT2D eigenvalue weighted by Crippen LogP contribution is -2.25. The summed E-state index contributed by atoms with van der Waals surface area (Å²) in [7, 11) is 1.71. The Morgan fingerprint density at radius 3 is 2.58 bits per heavy atom. The van der Waals surface area contributed by atoms with E-state index in [4.69, 9.17) is 9.84 Å². The van der Waals surface area contributed by atoms with Gasteiger partial charge in [0.2, 0.25) is 0 Å². The first-order chi connectivity index (χ1) is 12.8. The van der Waals surface area contributed by atoms with E-state index in [0.717, 1.165) is 28.2 Å². The lowest BCUT2D eigenvalue weighted by atomic mass is 9.98. The quantitative estimate of drug-likeness (QED) is 0.558. The van der Waals surface area contributed by atoms with Crippen molar-refractivity contribution in [3.8, 4) is 17.0 Å². The normalized spacial score (nSPS) is 15.2. The molecule has 0 amide bonds. The molecule has 4 aromatic rings. The van der Waals surface area contributed by atoms with Crippen LogP contribution in [0.5, 0.6) is 5.75 Å². The second-order valence-electron chi connectivity index (χ2n) is 6.61. The van der Waals surface area contributed by atoms with Gasteiger partial charge in [-0.15, -0.1) is 0 Å². The molecule has 0 saturated carbocycles. The molecule has 2 heterocycles. The van der Waals surface area contributed by atoms with Crippen molar-refractivity contribution in [2.45, 2.75) is 13.1 Å². The minimum Gasteiger partial charge on any atom is -0.496 e. The number of anilines is 1. The van der Waals surface area contributed by atoms with E-state index in [-0.39, 0.29) is 6.17 Å². The molecule has 1 aromatic heterocycles. The predicted molar refractivity (Wildman–Crippen MR) is 105 cm³/mol. The molecule has 1 unspecified atom stereocenters. The monoisotopic (exact) mass is 341 g/mol. The highest BCUT2D eigenvalue weighted by Gasteiger charge is 2.27. The minimum atomic E-state index is -0.0654. The second kappa shape index (κ2) is 5.63. The van der Waals surface area contributed by atoms with Gasteiger partial charge in [-0.1, -0.05) is 48.5 Å². The van der Waals surface area contributed by atoms with Crippen molar-refractivity contribution in [2.75, 3.05) is 12.4 Å². The van der Waals surface area contributed by atoms with Crippen LogP contribution in [-0.2, 0) is 0 Å². The van der Waals surface area contributed by atoms with E-state index in [0.29, 0.717) is 0 Å². The summed E-state index contributed by atoms with van der Waals surface area (Å²) < 4.78 is 7.65. The van der Waals surface area contributed by atoms with E-state index in [1.807, 2.05) is 19.1 Å². The SMILES string of the molecule is COc1ccc(C2Nc3ccccc3-c3cc(C)nn32)c2ccccc12. The zero-order valence-corrected chi connectivity index (χ0v) is 14.7. The van der Waals surface area contributed by atoms with Crippen molar-refractivity contribution in [3.63, 3.8) is 0 Å². The number of fused-ring (bicyclic) bond motifs is 4. The summed E-state index contributed by atoms with van der Waals surface area (Å²) >= 11 is 0. The van der Waals surface area contributed by atoms with Crippen molar-refractivity contribution in [3.05, 3.63) is 78.0 Å². The number of aryl methyl sites for hydroxylation is 1. The van der Waals surface area contributed by atoms with Crippen molar-refractivity contribution in [1.29, 1.82) is 0 Å². The third-order valence-corrected chi connectivity index (χ3v) is 5.03. The number of benzene rings is 3. The molecule has 0 bridgehead atoms. The van der Waals surface area contributed by atoms with Crippen LogP contribution in [0.2, 0.25) is 0 Å². The fraction of sp³-hybridized carbons (Fsp3) is 0.136. The van der Waals surface area contributed by atoms with Gasteiger partial charge in [-0.3, -0.25) is 0 Å². The predicted octanol–water partition coefficient (Wildman–Crippen LogP) is 4.99. The largest absolute Gasteiger partial charge is 0.496 e. The molecule has 0 aliphatic carbocycles. The van der Waals surface area contributed by atoms with Gasteiger partial charge in [0.25, 0.3) is 0 Å². The molecule has 0 spiro atoms. The molecule has 26 heavy (non-hydrogen) atoms. The Morgan fingerprint density at radius 1 is 0.962 bits per heavy atom. The Bertz CT molecular complexity index is 1130. The smallest absolute Gasteiger partial charge is 0.147 e. The van der Waals surface area contributed by atoms with Crippen LogP contribution in [0.1, 0.15) is 17.4 Å². The molecule has 128 valence electrons. The molecule has 4 nitrogen and oxygen atoms in total. The van der Waals surface area contributed by atoms with Crippen molar-refractivity contribution in [1.82, 2.24) is 9.78 Å². The number of hydrogen-bond acceptors (Lipinski definition) is 3. The molecule has 1 N–H and O–H groups in total. The van der Waals surface area contributed by atoms with Gasteiger partial charge in [-0.2, -0.15) is 5.10 Å². The van der Waals surface area contributed by atoms with Crippen LogP contribution in [0.3, 0.4) is 0 Å². The number of nitrogens with zero attached hydrogens (tertiary/aromatic N) is 2. The van der Waals surface area contributed by atoms with Crippen molar-refractivity contribution < 1.29 is 4.74 Å². The highest BCUT2D eigenvalue weighted by Crippen LogP contribution is 2.41. The Labute approximate surface area is 152 Å². The van der Waals surface area contributed by atoms with Crippen LogP contribution < -0.4 is 10.1 Å². The Morgan fingerprint density at radius 2 is 1.73 bits per heavy atom. The van der Waals surface area contributed by atoms with Crippen LogP contribution in [0.4, 0.5) is 5.69 Å². The maximum Gasteiger partial charge on any atom is 0.147 e. The summed E-state index contributed by atoms with van der Waals surface area (Å²) in [5, 5.41) is 10.7. The van der Waals surface area contributed by atoms with Gasteiger partial charge >= 0.3 is 0 Å². The zero-order valence-electron chi connectivity index (χ0n) is 14.7. The molecule has 1 atom stereocenters. The fourth-order valence-corrected chi connectivity index (χ4v) is 3.88. The Balaban J connectivity index is 1.76. The maximum atomic E-state index is 5.56. The number of ether oxygens (including phenoxy) is 1. The van der Waals surface area contributed by atoms with Gasteiger partial charge in [-0.25, -0.2) is 4.68 Å². The van der Waals surface area contributed by atoms with E-state index in [9.17, 15) is 0 Å². The number of nitrogens with one attached hydrogen (secondary N) is 1. The van der Waals surface area contributed by atoms with Crippen LogP contribution >= 0.6 is 0 Å². The first-order valence-corrected chi connectivity index (χ1v) is 8.74. The van der Waals surface area contributed by atoms with E-state index in [1.165, 1.54) is 16.5 Å². The summed E-state index contributed by atoms with van der Waals surface area (Å²) in [4.78, 5) is 0. The van der Waals surface area contributed by atoms with Gasteiger partial charge in [-0.05, 0) is 30.5 Å². The average Bonchev–Trinajstić information content (AvgIpc) is 3.08. The van der Waals surface area contributed by atoms with Gasteiger partial charge in [0.05, 0.1) is 18.5 Å². The molecule has 0 fully saturated rings. The van der Waals surface area contributed by atoms with Gasteiger partial charge < -0.3 is 10.1 Å². The van der Waals surface area contributed by atoms with Crippen molar-refractivity contribution in [2.24, 2.45) is 0 Å². The fourth-order valence-electron chi connectivity index (χ4n) is 3.88. The standard InChI is InChI=1S/C22H19N3O/c1-14-13-20-18-9-5-6-10-19(18)23-22(25(20)24-14)17-11-12-21(26-2)16-8-4-3-7-15(16)17/h3-13,22-23H,1-2H3. The van der Waals surface area contributed by atoms with Crippen LogP contribution in [0.15, 0.2) is 66.7 Å². The minimum absolute atomic E-state index is 0.0654. The number of rotatable bonds is 2. The summed E-state index contributed by atoms with van der Waals surface area (Å²) in [5.74, 6) is 0.887. The molecule has 1 aliphatic heterocycles. The second-order valence-corrected chi connectivity index (χ2v) is 6.61. The summed E-state index contributed by atoms with van der Waals surface area (Å²) in [5.41, 5.74) is 5.65. The van der Waals surface area contributed by atoms with Crippen LogP contribution in [0, 0.1) is 6.92 Å². The number of aromatic nitrogens is 2. The van der Waals surface area contributed by atoms with Gasteiger partial charge in [0, 0.05) is 22.2 Å². The topological polar surface area (TPSA) is 39.1 Å². The van der Waals surface area contributed by atoms with Crippen LogP contribution in [-0.4, -0.2) is 16.9 Å². The zero-order chi connectivity index (χ0) is 17.7.